The molecule has 0 aliphatic heterocycles. The van der Waals surface area contributed by atoms with Gasteiger partial charge in [0.05, 0.1) is 29.2 Å². The first-order valence-electron chi connectivity index (χ1n) is 7.73. The number of carboxylic acid groups (broad SMARTS) is 1. The molecule has 0 saturated heterocycles. The number of aromatic nitrogens is 2. The summed E-state index contributed by atoms with van der Waals surface area (Å²) < 4.78 is 26.6. The summed E-state index contributed by atoms with van der Waals surface area (Å²) in [4.78, 5) is 19.8. The second kappa shape index (κ2) is 5.77. The van der Waals surface area contributed by atoms with Crippen molar-refractivity contribution in [1.82, 2.24) is 9.97 Å². The van der Waals surface area contributed by atoms with E-state index in [0.29, 0.717) is 12.2 Å². The normalized spacial score (nSPS) is 19.0. The van der Waals surface area contributed by atoms with Gasteiger partial charge in [-0.05, 0) is 17.5 Å². The molecule has 126 valence electrons. The molecule has 1 heterocycles. The van der Waals surface area contributed by atoms with E-state index < -0.39 is 23.5 Å². The highest BCUT2D eigenvalue weighted by Gasteiger charge is 2.35. The Labute approximate surface area is 141 Å². The molecule has 0 radical (unpaired) electrons. The average molecular weight is 341 g/mol. The first-order chi connectivity index (χ1) is 12.0. The van der Waals surface area contributed by atoms with Gasteiger partial charge in [0.1, 0.15) is 5.82 Å². The van der Waals surface area contributed by atoms with Crippen molar-refractivity contribution in [2.75, 3.05) is 5.32 Å². The Morgan fingerprint density at radius 2 is 1.80 bits per heavy atom. The highest BCUT2D eigenvalue weighted by Crippen LogP contribution is 2.41. The zero-order valence-corrected chi connectivity index (χ0v) is 12.9. The summed E-state index contributed by atoms with van der Waals surface area (Å²) in [7, 11) is 0. The molecular weight excluding hydrogens is 328 g/mol. The van der Waals surface area contributed by atoms with Crippen molar-refractivity contribution in [2.45, 2.75) is 18.4 Å². The zero-order valence-electron chi connectivity index (χ0n) is 12.9. The zero-order chi connectivity index (χ0) is 17.6. The molecule has 1 aliphatic carbocycles. The van der Waals surface area contributed by atoms with Crippen LogP contribution in [0.2, 0.25) is 0 Å². The number of nitrogens with zero attached hydrogens (tertiary/aromatic N) is 2. The van der Waals surface area contributed by atoms with E-state index in [1.54, 1.807) is 6.07 Å². The van der Waals surface area contributed by atoms with Crippen molar-refractivity contribution in [1.29, 1.82) is 0 Å². The fraction of sp³-hybridized carbons (Fsp3) is 0.167. The fourth-order valence-electron chi connectivity index (χ4n) is 3.26. The standard InChI is InChI=1S/C18H13F2N3O2/c19-12-6-15-16(7-13(12)20)23-17(8-21-15)22-14-5-11(18(24)25)9-3-1-2-4-10(9)14/h1-4,6-8,11,14H,5H2,(H,22,23)(H,24,25). The van der Waals surface area contributed by atoms with Gasteiger partial charge in [0.25, 0.3) is 0 Å². The SMILES string of the molecule is O=C(O)C1CC(Nc2cnc3cc(F)c(F)cc3n2)c2ccccc21. The van der Waals surface area contributed by atoms with Crippen molar-refractivity contribution >= 4 is 22.8 Å². The number of hydrogen-bond donors (Lipinski definition) is 2. The highest BCUT2D eigenvalue weighted by molar-refractivity contribution is 5.79. The Bertz CT molecular complexity index is 993. The largest absolute Gasteiger partial charge is 0.481 e. The van der Waals surface area contributed by atoms with Gasteiger partial charge < -0.3 is 10.4 Å². The molecule has 4 rings (SSSR count). The maximum absolute atomic E-state index is 13.4. The number of nitrogens with one attached hydrogen (secondary N) is 1. The summed E-state index contributed by atoms with van der Waals surface area (Å²) in [6.07, 6.45) is 1.81. The summed E-state index contributed by atoms with van der Waals surface area (Å²) in [5.41, 5.74) is 2.14. The molecule has 2 atom stereocenters. The van der Waals surface area contributed by atoms with E-state index >= 15 is 0 Å². The van der Waals surface area contributed by atoms with Gasteiger partial charge in [-0.2, -0.15) is 0 Å². The molecule has 7 heteroatoms. The minimum atomic E-state index is -0.990. The fourth-order valence-corrected chi connectivity index (χ4v) is 3.26. The molecule has 25 heavy (non-hydrogen) atoms. The molecule has 5 nitrogen and oxygen atoms in total. The quantitative estimate of drug-likeness (QED) is 0.761. The third-order valence-corrected chi connectivity index (χ3v) is 4.42. The molecule has 3 aromatic rings. The topological polar surface area (TPSA) is 75.1 Å². The van der Waals surface area contributed by atoms with E-state index in [1.807, 2.05) is 18.2 Å². The summed E-state index contributed by atoms with van der Waals surface area (Å²) in [6.45, 7) is 0. The molecule has 2 unspecified atom stereocenters. The first-order valence-corrected chi connectivity index (χ1v) is 7.73. The number of carbonyl (C=O) groups is 1. The summed E-state index contributed by atoms with van der Waals surface area (Å²) in [6, 6.07) is 9.08. The molecule has 0 amide bonds. The third kappa shape index (κ3) is 2.67. The van der Waals surface area contributed by atoms with Crippen LogP contribution in [0, 0.1) is 11.6 Å². The molecule has 2 aromatic carbocycles. The summed E-state index contributed by atoms with van der Waals surface area (Å²) in [5, 5.41) is 12.6. The van der Waals surface area contributed by atoms with Crippen LogP contribution in [0.15, 0.2) is 42.6 Å². The van der Waals surface area contributed by atoms with Crippen LogP contribution in [-0.4, -0.2) is 21.0 Å². The third-order valence-electron chi connectivity index (χ3n) is 4.42. The van der Waals surface area contributed by atoms with E-state index in [-0.39, 0.29) is 17.1 Å². The van der Waals surface area contributed by atoms with Crippen molar-refractivity contribution in [3.05, 3.63) is 65.4 Å². The van der Waals surface area contributed by atoms with Crippen molar-refractivity contribution in [2.24, 2.45) is 0 Å². The molecule has 1 aliphatic rings. The minimum Gasteiger partial charge on any atom is -0.481 e. The Hall–Kier alpha value is -3.09. The Morgan fingerprint density at radius 3 is 2.52 bits per heavy atom. The van der Waals surface area contributed by atoms with Crippen LogP contribution in [0.5, 0.6) is 0 Å². The Balaban J connectivity index is 1.67. The molecular formula is C18H13F2N3O2. The molecule has 1 aromatic heterocycles. The van der Waals surface area contributed by atoms with Crippen LogP contribution in [0.1, 0.15) is 29.5 Å². The Kier molecular flexibility index (Phi) is 3.56. The summed E-state index contributed by atoms with van der Waals surface area (Å²) >= 11 is 0. The lowest BCUT2D eigenvalue weighted by Crippen LogP contribution is -2.11. The lowest BCUT2D eigenvalue weighted by molar-refractivity contribution is -0.138. The maximum atomic E-state index is 13.4. The molecule has 0 spiro atoms. The van der Waals surface area contributed by atoms with Crippen molar-refractivity contribution in [3.8, 4) is 0 Å². The van der Waals surface area contributed by atoms with E-state index in [1.165, 1.54) is 6.20 Å². The smallest absolute Gasteiger partial charge is 0.311 e. The van der Waals surface area contributed by atoms with Gasteiger partial charge in [-0.3, -0.25) is 9.78 Å². The second-order valence-electron chi connectivity index (χ2n) is 5.96. The number of aliphatic carboxylic acids is 1. The number of anilines is 1. The van der Waals surface area contributed by atoms with Crippen LogP contribution in [0.4, 0.5) is 14.6 Å². The van der Waals surface area contributed by atoms with Gasteiger partial charge in [-0.1, -0.05) is 24.3 Å². The van der Waals surface area contributed by atoms with Crippen LogP contribution in [0.3, 0.4) is 0 Å². The first kappa shape index (κ1) is 15.4. The molecule has 2 N–H and O–H groups in total. The number of rotatable bonds is 3. The predicted octanol–water partition coefficient (Wildman–Crippen LogP) is 3.63. The van der Waals surface area contributed by atoms with E-state index in [4.69, 9.17) is 0 Å². The Morgan fingerprint density at radius 1 is 1.12 bits per heavy atom. The van der Waals surface area contributed by atoms with Crippen molar-refractivity contribution < 1.29 is 18.7 Å². The maximum Gasteiger partial charge on any atom is 0.311 e. The molecule has 0 bridgehead atoms. The predicted molar refractivity (Wildman–Crippen MR) is 87.3 cm³/mol. The monoisotopic (exact) mass is 341 g/mol. The minimum absolute atomic E-state index is 0.227. The summed E-state index contributed by atoms with van der Waals surface area (Å²) in [5.74, 6) is -3.05. The van der Waals surface area contributed by atoms with Crippen LogP contribution in [-0.2, 0) is 4.79 Å². The highest BCUT2D eigenvalue weighted by atomic mass is 19.2. The molecule has 0 fully saturated rings. The lowest BCUT2D eigenvalue weighted by Gasteiger charge is -2.15. The number of halogens is 2. The number of benzene rings is 2. The van der Waals surface area contributed by atoms with E-state index in [2.05, 4.69) is 15.3 Å². The van der Waals surface area contributed by atoms with Gasteiger partial charge >= 0.3 is 5.97 Å². The van der Waals surface area contributed by atoms with Gasteiger partial charge in [0, 0.05) is 12.1 Å². The van der Waals surface area contributed by atoms with Crippen LogP contribution >= 0.6 is 0 Å². The second-order valence-corrected chi connectivity index (χ2v) is 5.96. The molecule has 0 saturated carbocycles. The number of fused-ring (bicyclic) bond motifs is 2. The number of carboxylic acids is 1. The number of hydrogen-bond acceptors (Lipinski definition) is 4. The van der Waals surface area contributed by atoms with E-state index in [9.17, 15) is 18.7 Å². The van der Waals surface area contributed by atoms with Crippen LogP contribution in [0.25, 0.3) is 11.0 Å². The van der Waals surface area contributed by atoms with Crippen molar-refractivity contribution in [3.63, 3.8) is 0 Å². The average Bonchev–Trinajstić information content (AvgIpc) is 2.95. The van der Waals surface area contributed by atoms with Crippen LogP contribution < -0.4 is 5.32 Å². The van der Waals surface area contributed by atoms with Gasteiger partial charge in [-0.25, -0.2) is 13.8 Å². The van der Waals surface area contributed by atoms with Gasteiger partial charge in [0.2, 0.25) is 0 Å². The van der Waals surface area contributed by atoms with E-state index in [0.717, 1.165) is 23.3 Å². The van der Waals surface area contributed by atoms with Gasteiger partial charge in [-0.15, -0.1) is 0 Å². The van der Waals surface area contributed by atoms with Gasteiger partial charge in [0.15, 0.2) is 11.6 Å². The lowest BCUT2D eigenvalue weighted by atomic mass is 10.0.